The molecule has 0 saturated heterocycles. The predicted octanol–water partition coefficient (Wildman–Crippen LogP) is 4.52. The molecule has 1 aromatic rings. The van der Waals surface area contributed by atoms with Crippen molar-refractivity contribution < 1.29 is 4.74 Å². The summed E-state index contributed by atoms with van der Waals surface area (Å²) in [6.07, 6.45) is 5.33. The highest BCUT2D eigenvalue weighted by Gasteiger charge is 2.21. The van der Waals surface area contributed by atoms with Crippen molar-refractivity contribution in [2.45, 2.75) is 52.2 Å². The van der Waals surface area contributed by atoms with Gasteiger partial charge in [0.15, 0.2) is 0 Å². The molecule has 0 amide bonds. The van der Waals surface area contributed by atoms with Gasteiger partial charge in [-0.15, -0.1) is 0 Å². The Morgan fingerprint density at radius 1 is 1.26 bits per heavy atom. The van der Waals surface area contributed by atoms with Gasteiger partial charge in [-0.2, -0.15) is 0 Å². The first-order valence-electron chi connectivity index (χ1n) is 7.35. The standard InChI is InChI=1S/C16H24BrNO/c1-3-18-11-13-5-4-6-15(17)16(13)19-14-9-7-12(2)8-10-14/h4-6,12,14,18H,3,7-11H2,1-2H3. The lowest BCUT2D eigenvalue weighted by molar-refractivity contribution is 0.133. The van der Waals surface area contributed by atoms with E-state index in [1.54, 1.807) is 0 Å². The fraction of sp³-hybridized carbons (Fsp3) is 0.625. The maximum absolute atomic E-state index is 6.28. The van der Waals surface area contributed by atoms with Crippen LogP contribution < -0.4 is 10.1 Å². The highest BCUT2D eigenvalue weighted by atomic mass is 79.9. The second kappa shape index (κ2) is 7.30. The summed E-state index contributed by atoms with van der Waals surface area (Å²) >= 11 is 3.62. The minimum atomic E-state index is 0.385. The average Bonchev–Trinajstić information content (AvgIpc) is 2.42. The van der Waals surface area contributed by atoms with Crippen LogP contribution in [0.2, 0.25) is 0 Å². The molecule has 106 valence electrons. The fourth-order valence-electron chi connectivity index (χ4n) is 2.60. The van der Waals surface area contributed by atoms with Gasteiger partial charge in [-0.25, -0.2) is 0 Å². The van der Waals surface area contributed by atoms with Crippen LogP contribution in [0.4, 0.5) is 0 Å². The molecule has 0 aromatic heterocycles. The van der Waals surface area contributed by atoms with Crippen LogP contribution in [0.1, 0.15) is 45.1 Å². The van der Waals surface area contributed by atoms with Crippen molar-refractivity contribution in [3.63, 3.8) is 0 Å². The number of rotatable bonds is 5. The predicted molar refractivity (Wildman–Crippen MR) is 83.6 cm³/mol. The molecule has 1 N–H and O–H groups in total. The minimum Gasteiger partial charge on any atom is -0.489 e. The Kier molecular flexibility index (Phi) is 5.71. The Labute approximate surface area is 125 Å². The molecule has 19 heavy (non-hydrogen) atoms. The summed E-state index contributed by atoms with van der Waals surface area (Å²) in [5.41, 5.74) is 1.25. The Morgan fingerprint density at radius 3 is 2.68 bits per heavy atom. The van der Waals surface area contributed by atoms with Gasteiger partial charge in [0, 0.05) is 12.1 Å². The van der Waals surface area contributed by atoms with Gasteiger partial charge in [-0.1, -0.05) is 26.0 Å². The van der Waals surface area contributed by atoms with Crippen LogP contribution in [0.15, 0.2) is 22.7 Å². The third kappa shape index (κ3) is 4.22. The van der Waals surface area contributed by atoms with Crippen LogP contribution in [0.3, 0.4) is 0 Å². The molecule has 0 heterocycles. The Hall–Kier alpha value is -0.540. The van der Waals surface area contributed by atoms with E-state index in [-0.39, 0.29) is 0 Å². The highest BCUT2D eigenvalue weighted by Crippen LogP contribution is 2.33. The van der Waals surface area contributed by atoms with E-state index in [4.69, 9.17) is 4.74 Å². The SMILES string of the molecule is CCNCc1cccc(Br)c1OC1CCC(C)CC1. The van der Waals surface area contributed by atoms with Gasteiger partial charge in [0.2, 0.25) is 0 Å². The molecule has 2 rings (SSSR count). The summed E-state index contributed by atoms with van der Waals surface area (Å²) in [6.45, 7) is 6.31. The molecule has 0 bridgehead atoms. The summed E-state index contributed by atoms with van der Waals surface area (Å²) in [5, 5.41) is 3.38. The molecular formula is C16H24BrNO. The normalized spacial score (nSPS) is 23.3. The van der Waals surface area contributed by atoms with E-state index in [2.05, 4.69) is 53.3 Å². The summed E-state index contributed by atoms with van der Waals surface area (Å²) in [5.74, 6) is 1.89. The quantitative estimate of drug-likeness (QED) is 0.859. The van der Waals surface area contributed by atoms with Crippen LogP contribution in [-0.2, 0) is 6.54 Å². The number of hydrogen-bond donors (Lipinski definition) is 1. The summed E-state index contributed by atoms with van der Waals surface area (Å²) in [4.78, 5) is 0. The van der Waals surface area contributed by atoms with Crippen molar-refractivity contribution in [1.82, 2.24) is 5.32 Å². The third-order valence-corrected chi connectivity index (χ3v) is 4.49. The van der Waals surface area contributed by atoms with E-state index in [0.29, 0.717) is 6.10 Å². The minimum absolute atomic E-state index is 0.385. The van der Waals surface area contributed by atoms with E-state index in [1.165, 1.54) is 31.2 Å². The average molecular weight is 326 g/mol. The van der Waals surface area contributed by atoms with E-state index in [9.17, 15) is 0 Å². The van der Waals surface area contributed by atoms with Crippen molar-refractivity contribution in [3.05, 3.63) is 28.2 Å². The molecule has 3 heteroatoms. The molecule has 1 fully saturated rings. The molecule has 0 radical (unpaired) electrons. The van der Waals surface area contributed by atoms with Crippen LogP contribution in [-0.4, -0.2) is 12.6 Å². The zero-order valence-corrected chi connectivity index (χ0v) is 13.5. The number of benzene rings is 1. The van der Waals surface area contributed by atoms with Crippen molar-refractivity contribution in [2.75, 3.05) is 6.54 Å². The maximum Gasteiger partial charge on any atom is 0.138 e. The van der Waals surface area contributed by atoms with E-state index >= 15 is 0 Å². The number of halogens is 1. The lowest BCUT2D eigenvalue weighted by atomic mass is 9.89. The molecule has 1 saturated carbocycles. The molecule has 0 unspecified atom stereocenters. The fourth-order valence-corrected chi connectivity index (χ4v) is 3.10. The number of ether oxygens (including phenoxy) is 1. The number of para-hydroxylation sites is 1. The smallest absolute Gasteiger partial charge is 0.138 e. The van der Waals surface area contributed by atoms with E-state index < -0.39 is 0 Å². The van der Waals surface area contributed by atoms with Crippen molar-refractivity contribution in [1.29, 1.82) is 0 Å². The molecule has 1 aliphatic carbocycles. The van der Waals surface area contributed by atoms with Gasteiger partial charge in [0.05, 0.1) is 10.6 Å². The zero-order chi connectivity index (χ0) is 13.7. The highest BCUT2D eigenvalue weighted by molar-refractivity contribution is 9.10. The lowest BCUT2D eigenvalue weighted by Gasteiger charge is -2.28. The molecule has 0 aliphatic heterocycles. The van der Waals surface area contributed by atoms with Gasteiger partial charge < -0.3 is 10.1 Å². The summed E-state index contributed by atoms with van der Waals surface area (Å²) in [6, 6.07) is 6.29. The molecule has 0 atom stereocenters. The van der Waals surface area contributed by atoms with Crippen LogP contribution in [0.5, 0.6) is 5.75 Å². The number of nitrogens with one attached hydrogen (secondary N) is 1. The Bertz CT molecular complexity index is 400. The van der Waals surface area contributed by atoms with Crippen molar-refractivity contribution in [2.24, 2.45) is 5.92 Å². The molecule has 1 aromatic carbocycles. The topological polar surface area (TPSA) is 21.3 Å². The van der Waals surface area contributed by atoms with Gasteiger partial charge in [-0.3, -0.25) is 0 Å². The first-order valence-corrected chi connectivity index (χ1v) is 8.14. The Morgan fingerprint density at radius 2 is 2.00 bits per heavy atom. The zero-order valence-electron chi connectivity index (χ0n) is 11.9. The number of hydrogen-bond acceptors (Lipinski definition) is 2. The largest absolute Gasteiger partial charge is 0.489 e. The third-order valence-electron chi connectivity index (χ3n) is 3.86. The maximum atomic E-state index is 6.28. The van der Waals surface area contributed by atoms with Crippen molar-refractivity contribution >= 4 is 15.9 Å². The monoisotopic (exact) mass is 325 g/mol. The van der Waals surface area contributed by atoms with E-state index in [0.717, 1.165) is 29.2 Å². The first kappa shape index (κ1) is 14.9. The van der Waals surface area contributed by atoms with Crippen LogP contribution in [0.25, 0.3) is 0 Å². The molecular weight excluding hydrogens is 302 g/mol. The lowest BCUT2D eigenvalue weighted by Crippen LogP contribution is -2.24. The molecule has 0 spiro atoms. The van der Waals surface area contributed by atoms with Crippen molar-refractivity contribution in [3.8, 4) is 5.75 Å². The summed E-state index contributed by atoms with van der Waals surface area (Å²) in [7, 11) is 0. The van der Waals surface area contributed by atoms with Gasteiger partial charge >= 0.3 is 0 Å². The van der Waals surface area contributed by atoms with Crippen LogP contribution >= 0.6 is 15.9 Å². The van der Waals surface area contributed by atoms with Crippen LogP contribution in [0, 0.1) is 5.92 Å². The first-order chi connectivity index (χ1) is 9.20. The second-order valence-corrected chi connectivity index (χ2v) is 6.36. The summed E-state index contributed by atoms with van der Waals surface area (Å²) < 4.78 is 7.35. The van der Waals surface area contributed by atoms with Gasteiger partial charge in [0.1, 0.15) is 5.75 Å². The van der Waals surface area contributed by atoms with Gasteiger partial charge in [-0.05, 0) is 60.1 Å². The Balaban J connectivity index is 2.05. The second-order valence-electron chi connectivity index (χ2n) is 5.51. The molecule has 2 nitrogen and oxygen atoms in total. The van der Waals surface area contributed by atoms with E-state index in [1.807, 2.05) is 0 Å². The van der Waals surface area contributed by atoms with Gasteiger partial charge in [0.25, 0.3) is 0 Å². The molecule has 1 aliphatic rings.